The molecule has 1 saturated carbocycles. The molecule has 3 rings (SSSR count). The summed E-state index contributed by atoms with van der Waals surface area (Å²) in [4.78, 5) is 2.57. The van der Waals surface area contributed by atoms with Crippen LogP contribution in [0.25, 0.3) is 10.4 Å². The van der Waals surface area contributed by atoms with E-state index in [1.54, 1.807) is 11.3 Å². The molecule has 0 amide bonds. The lowest BCUT2D eigenvalue weighted by Gasteiger charge is -2.06. The van der Waals surface area contributed by atoms with Crippen molar-refractivity contribution in [1.82, 2.24) is 5.32 Å². The van der Waals surface area contributed by atoms with Crippen LogP contribution in [0.4, 0.5) is 0 Å². The normalized spacial score (nSPS) is 15.0. The van der Waals surface area contributed by atoms with Crippen molar-refractivity contribution in [3.05, 3.63) is 45.8 Å². The van der Waals surface area contributed by atoms with E-state index in [-0.39, 0.29) is 0 Å². The van der Waals surface area contributed by atoms with E-state index in [4.69, 9.17) is 11.6 Å². The van der Waals surface area contributed by atoms with E-state index in [1.165, 1.54) is 28.2 Å². The third kappa shape index (κ3) is 2.77. The van der Waals surface area contributed by atoms with Gasteiger partial charge in [-0.25, -0.2) is 0 Å². The second-order valence-electron chi connectivity index (χ2n) is 4.88. The van der Waals surface area contributed by atoms with Gasteiger partial charge < -0.3 is 5.32 Å². The molecule has 0 unspecified atom stereocenters. The monoisotopic (exact) mass is 277 g/mol. The Balaban J connectivity index is 1.79. The molecule has 94 valence electrons. The van der Waals surface area contributed by atoms with E-state index in [9.17, 15) is 0 Å². The predicted octanol–water partition coefficient (Wildman–Crippen LogP) is 4.63. The zero-order valence-corrected chi connectivity index (χ0v) is 11.9. The van der Waals surface area contributed by atoms with Crippen molar-refractivity contribution in [2.24, 2.45) is 0 Å². The molecule has 1 aliphatic rings. The Morgan fingerprint density at radius 2 is 2.11 bits per heavy atom. The molecule has 0 atom stereocenters. The minimum Gasteiger partial charge on any atom is -0.310 e. The van der Waals surface area contributed by atoms with Gasteiger partial charge in [-0.2, -0.15) is 0 Å². The molecular weight excluding hydrogens is 262 g/mol. The second-order valence-corrected chi connectivity index (χ2v) is 6.57. The molecule has 1 nitrogen and oxygen atoms in total. The third-order valence-electron chi connectivity index (χ3n) is 3.21. The second kappa shape index (κ2) is 5.04. The summed E-state index contributed by atoms with van der Waals surface area (Å²) in [6, 6.07) is 11.4. The molecule has 1 aromatic carbocycles. The SMILES string of the molecule is Cc1ccc(-c2ccc(CNC3CC3)cc2Cl)s1. The van der Waals surface area contributed by atoms with E-state index in [1.807, 2.05) is 0 Å². The maximum atomic E-state index is 6.38. The Labute approximate surface area is 117 Å². The summed E-state index contributed by atoms with van der Waals surface area (Å²) < 4.78 is 0. The van der Waals surface area contributed by atoms with Crippen molar-refractivity contribution in [2.45, 2.75) is 32.4 Å². The number of hydrogen-bond acceptors (Lipinski definition) is 2. The number of rotatable bonds is 4. The molecule has 1 aromatic heterocycles. The zero-order chi connectivity index (χ0) is 12.5. The number of aryl methyl sites for hydroxylation is 1. The number of halogens is 1. The third-order valence-corrected chi connectivity index (χ3v) is 4.56. The number of hydrogen-bond donors (Lipinski definition) is 1. The van der Waals surface area contributed by atoms with Crippen LogP contribution in [0.15, 0.2) is 30.3 Å². The highest BCUT2D eigenvalue weighted by molar-refractivity contribution is 7.15. The largest absolute Gasteiger partial charge is 0.310 e. The van der Waals surface area contributed by atoms with Crippen LogP contribution < -0.4 is 5.32 Å². The average Bonchev–Trinajstić information content (AvgIpc) is 3.09. The lowest BCUT2D eigenvalue weighted by Crippen LogP contribution is -2.15. The highest BCUT2D eigenvalue weighted by Crippen LogP contribution is 2.33. The van der Waals surface area contributed by atoms with E-state index in [0.717, 1.165) is 23.2 Å². The molecule has 0 spiro atoms. The Kier molecular flexibility index (Phi) is 3.42. The number of benzene rings is 1. The van der Waals surface area contributed by atoms with Crippen molar-refractivity contribution in [1.29, 1.82) is 0 Å². The summed E-state index contributed by atoms with van der Waals surface area (Å²) >= 11 is 8.17. The van der Waals surface area contributed by atoms with Crippen LogP contribution >= 0.6 is 22.9 Å². The molecule has 1 heterocycles. The van der Waals surface area contributed by atoms with E-state index in [2.05, 4.69) is 42.6 Å². The summed E-state index contributed by atoms with van der Waals surface area (Å²) in [6.45, 7) is 3.05. The van der Waals surface area contributed by atoms with Crippen LogP contribution in [0.3, 0.4) is 0 Å². The van der Waals surface area contributed by atoms with Gasteiger partial charge in [-0.3, -0.25) is 0 Å². The summed E-state index contributed by atoms with van der Waals surface area (Å²) in [5, 5.41) is 4.36. The van der Waals surface area contributed by atoms with Crippen LogP contribution in [0, 0.1) is 6.92 Å². The molecule has 3 heteroatoms. The first kappa shape index (κ1) is 12.2. The smallest absolute Gasteiger partial charge is 0.0495 e. The molecule has 18 heavy (non-hydrogen) atoms. The quantitative estimate of drug-likeness (QED) is 0.859. The predicted molar refractivity (Wildman–Crippen MR) is 79.4 cm³/mol. The van der Waals surface area contributed by atoms with Crippen LogP contribution in [-0.2, 0) is 6.54 Å². The first-order valence-electron chi connectivity index (χ1n) is 6.31. The van der Waals surface area contributed by atoms with E-state index >= 15 is 0 Å². The van der Waals surface area contributed by atoms with Crippen LogP contribution in [0.1, 0.15) is 23.3 Å². The summed E-state index contributed by atoms with van der Waals surface area (Å²) in [5.74, 6) is 0. The highest BCUT2D eigenvalue weighted by Gasteiger charge is 2.20. The minimum absolute atomic E-state index is 0.739. The fourth-order valence-electron chi connectivity index (χ4n) is 2.00. The van der Waals surface area contributed by atoms with Crippen LogP contribution in [0.2, 0.25) is 5.02 Å². The van der Waals surface area contributed by atoms with Gasteiger partial charge in [0.15, 0.2) is 0 Å². The Morgan fingerprint density at radius 3 is 2.72 bits per heavy atom. The Bertz CT molecular complexity index is 557. The van der Waals surface area contributed by atoms with Crippen molar-refractivity contribution in [3.8, 4) is 10.4 Å². The highest BCUT2D eigenvalue weighted by atomic mass is 35.5. The van der Waals surface area contributed by atoms with Crippen molar-refractivity contribution in [3.63, 3.8) is 0 Å². The molecule has 1 aliphatic carbocycles. The number of thiophene rings is 1. The lowest BCUT2D eigenvalue weighted by molar-refractivity contribution is 0.688. The van der Waals surface area contributed by atoms with Gasteiger partial charge in [0, 0.05) is 32.9 Å². The molecule has 0 radical (unpaired) electrons. The summed E-state index contributed by atoms with van der Waals surface area (Å²) in [5.41, 5.74) is 2.41. The molecule has 0 bridgehead atoms. The first-order chi connectivity index (χ1) is 8.72. The summed E-state index contributed by atoms with van der Waals surface area (Å²) in [6.07, 6.45) is 2.64. The van der Waals surface area contributed by atoms with Gasteiger partial charge in [0.1, 0.15) is 0 Å². The van der Waals surface area contributed by atoms with E-state index in [0.29, 0.717) is 0 Å². The average molecular weight is 278 g/mol. The van der Waals surface area contributed by atoms with Gasteiger partial charge in [-0.05, 0) is 43.5 Å². The van der Waals surface area contributed by atoms with Crippen molar-refractivity contribution in [2.75, 3.05) is 0 Å². The Hall–Kier alpha value is -0.830. The fraction of sp³-hybridized carbons (Fsp3) is 0.333. The molecule has 0 saturated heterocycles. The maximum absolute atomic E-state index is 6.38. The molecule has 1 N–H and O–H groups in total. The van der Waals surface area contributed by atoms with Gasteiger partial charge >= 0.3 is 0 Å². The molecule has 1 fully saturated rings. The fourth-order valence-corrected chi connectivity index (χ4v) is 3.27. The van der Waals surface area contributed by atoms with Gasteiger partial charge in [-0.15, -0.1) is 11.3 Å². The van der Waals surface area contributed by atoms with E-state index < -0.39 is 0 Å². The van der Waals surface area contributed by atoms with Gasteiger partial charge in [0.05, 0.1) is 0 Å². The lowest BCUT2D eigenvalue weighted by atomic mass is 10.1. The molecular formula is C15H16ClNS. The standard InChI is InChI=1S/C15H16ClNS/c1-10-2-7-15(18-10)13-6-3-11(8-14(13)16)9-17-12-4-5-12/h2-3,6-8,12,17H,4-5,9H2,1H3. The number of nitrogens with one attached hydrogen (secondary N) is 1. The van der Waals surface area contributed by atoms with Gasteiger partial charge in [0.25, 0.3) is 0 Å². The summed E-state index contributed by atoms with van der Waals surface area (Å²) in [7, 11) is 0. The van der Waals surface area contributed by atoms with Gasteiger partial charge in [0.2, 0.25) is 0 Å². The van der Waals surface area contributed by atoms with Crippen LogP contribution in [-0.4, -0.2) is 6.04 Å². The Morgan fingerprint density at radius 1 is 1.28 bits per heavy atom. The van der Waals surface area contributed by atoms with Crippen LogP contribution in [0.5, 0.6) is 0 Å². The van der Waals surface area contributed by atoms with Gasteiger partial charge in [-0.1, -0.05) is 23.7 Å². The first-order valence-corrected chi connectivity index (χ1v) is 7.50. The maximum Gasteiger partial charge on any atom is 0.0495 e. The molecule has 2 aromatic rings. The topological polar surface area (TPSA) is 12.0 Å². The van der Waals surface area contributed by atoms with Crippen molar-refractivity contribution >= 4 is 22.9 Å². The molecule has 0 aliphatic heterocycles. The van der Waals surface area contributed by atoms with Crippen molar-refractivity contribution < 1.29 is 0 Å². The zero-order valence-electron chi connectivity index (χ0n) is 10.4. The minimum atomic E-state index is 0.739.